The molecule has 0 saturated heterocycles. The number of rotatable bonds is 8. The van der Waals surface area contributed by atoms with Crippen molar-refractivity contribution >= 4 is 17.2 Å². The van der Waals surface area contributed by atoms with Crippen molar-refractivity contribution in [2.45, 2.75) is 40.0 Å². The number of aryl methyl sites for hydroxylation is 3. The van der Waals surface area contributed by atoms with Gasteiger partial charge in [0, 0.05) is 5.56 Å². The van der Waals surface area contributed by atoms with Crippen molar-refractivity contribution in [2.75, 3.05) is 14.2 Å². The van der Waals surface area contributed by atoms with Crippen molar-refractivity contribution in [1.82, 2.24) is 10.2 Å². The fourth-order valence-electron chi connectivity index (χ4n) is 3.68. The lowest BCUT2D eigenvalue weighted by Crippen LogP contribution is -2.13. The van der Waals surface area contributed by atoms with Crippen LogP contribution in [-0.2, 0) is 6.42 Å². The number of nitrogens with two attached hydrogens (primary N) is 1. The molecular weight excluding hydrogens is 398 g/mol. The summed E-state index contributed by atoms with van der Waals surface area (Å²) in [5.41, 5.74) is 10.9. The lowest BCUT2D eigenvalue weighted by molar-refractivity contribution is 0.0997. The number of carbonyl (C=O) groups excluding carboxylic acids is 1. The van der Waals surface area contributed by atoms with E-state index in [4.69, 9.17) is 15.2 Å². The number of nitrogens with zero attached hydrogens (tertiary/aromatic N) is 2. The van der Waals surface area contributed by atoms with E-state index in [1.54, 1.807) is 20.3 Å². The van der Waals surface area contributed by atoms with E-state index >= 15 is 0 Å². The number of aromatic nitrogens is 2. The molecule has 0 saturated carbocycles. The summed E-state index contributed by atoms with van der Waals surface area (Å²) < 4.78 is 11.1. The minimum atomic E-state index is -0.527. The predicted octanol–water partition coefficient (Wildman–Crippen LogP) is 4.95. The van der Waals surface area contributed by atoms with Gasteiger partial charge in [0.05, 0.1) is 25.3 Å². The molecular formula is C23H27N3O3S. The average molecular weight is 426 g/mol. The van der Waals surface area contributed by atoms with Crippen LogP contribution in [0.25, 0.3) is 21.1 Å². The highest BCUT2D eigenvalue weighted by molar-refractivity contribution is 7.18. The quantitative estimate of drug-likeness (QED) is 0.552. The van der Waals surface area contributed by atoms with Crippen LogP contribution in [0, 0.1) is 13.8 Å². The van der Waals surface area contributed by atoms with Gasteiger partial charge in [-0.2, -0.15) is 0 Å². The van der Waals surface area contributed by atoms with Crippen LogP contribution in [0.1, 0.15) is 46.8 Å². The maximum Gasteiger partial charge on any atom is 0.252 e. The summed E-state index contributed by atoms with van der Waals surface area (Å²) in [5, 5.41) is 10.4. The molecule has 2 N–H and O–H groups in total. The number of primary amides is 1. The SMILES string of the molecule is CCCCc1ccc(C(N)=O)c(OC)c1-c1nnc(-c2cc(C)c(OC)c(C)c2)s1. The molecule has 0 aliphatic carbocycles. The molecule has 0 radical (unpaired) electrons. The highest BCUT2D eigenvalue weighted by atomic mass is 32.1. The number of methoxy groups -OCH3 is 2. The zero-order valence-electron chi connectivity index (χ0n) is 18.0. The minimum absolute atomic E-state index is 0.348. The van der Waals surface area contributed by atoms with Crippen LogP contribution in [0.4, 0.5) is 0 Å². The molecule has 0 spiro atoms. The maximum atomic E-state index is 11.9. The van der Waals surface area contributed by atoms with E-state index in [0.717, 1.165) is 57.8 Å². The molecule has 158 valence electrons. The number of hydrogen-bond acceptors (Lipinski definition) is 6. The van der Waals surface area contributed by atoms with E-state index in [-0.39, 0.29) is 0 Å². The van der Waals surface area contributed by atoms with Crippen molar-refractivity contribution in [1.29, 1.82) is 0 Å². The van der Waals surface area contributed by atoms with Gasteiger partial charge in [0.1, 0.15) is 16.5 Å². The van der Waals surface area contributed by atoms with Crippen molar-refractivity contribution in [3.8, 4) is 32.6 Å². The lowest BCUT2D eigenvalue weighted by Gasteiger charge is -2.14. The summed E-state index contributed by atoms with van der Waals surface area (Å²) in [6.45, 7) is 6.17. The first-order chi connectivity index (χ1) is 14.4. The third-order valence-corrected chi connectivity index (χ3v) is 6.05. The number of unbranched alkanes of at least 4 members (excludes halogenated alkanes) is 1. The van der Waals surface area contributed by atoms with Crippen molar-refractivity contribution in [2.24, 2.45) is 5.73 Å². The number of benzene rings is 2. The normalized spacial score (nSPS) is 10.8. The Labute approximate surface area is 181 Å². The largest absolute Gasteiger partial charge is 0.496 e. The van der Waals surface area contributed by atoms with Crippen LogP contribution in [0.5, 0.6) is 11.5 Å². The number of ether oxygens (including phenoxy) is 2. The third kappa shape index (κ3) is 4.16. The molecule has 1 heterocycles. The summed E-state index contributed by atoms with van der Waals surface area (Å²) in [6, 6.07) is 7.76. The van der Waals surface area contributed by atoms with Crippen molar-refractivity contribution in [3.05, 3.63) is 46.5 Å². The highest BCUT2D eigenvalue weighted by Crippen LogP contribution is 2.41. The smallest absolute Gasteiger partial charge is 0.252 e. The standard InChI is InChI=1S/C23H27N3O3S/c1-6-7-8-15-9-10-17(21(24)27)20(29-5)18(15)23-26-25-22(30-23)16-11-13(2)19(28-4)14(3)12-16/h9-12H,6-8H2,1-5H3,(H2,24,27). The second kappa shape index (κ2) is 9.26. The minimum Gasteiger partial charge on any atom is -0.496 e. The number of amides is 1. The molecule has 6 nitrogen and oxygen atoms in total. The molecule has 3 rings (SSSR count). The van der Waals surface area contributed by atoms with Crippen LogP contribution in [0.2, 0.25) is 0 Å². The molecule has 0 atom stereocenters. The Hall–Kier alpha value is -2.93. The Kier molecular flexibility index (Phi) is 6.72. The maximum absolute atomic E-state index is 11.9. The monoisotopic (exact) mass is 425 g/mol. The summed E-state index contributed by atoms with van der Waals surface area (Å²) in [7, 11) is 3.22. The Balaban J connectivity index is 2.14. The second-order valence-electron chi connectivity index (χ2n) is 7.20. The molecule has 0 fully saturated rings. The fraction of sp³-hybridized carbons (Fsp3) is 0.348. The van der Waals surface area contributed by atoms with Gasteiger partial charge in [-0.15, -0.1) is 10.2 Å². The lowest BCUT2D eigenvalue weighted by atomic mass is 9.98. The fourth-order valence-corrected chi connectivity index (χ4v) is 4.58. The predicted molar refractivity (Wildman–Crippen MR) is 120 cm³/mol. The summed E-state index contributed by atoms with van der Waals surface area (Å²) in [5.74, 6) is 0.809. The van der Waals surface area contributed by atoms with E-state index in [9.17, 15) is 4.79 Å². The molecule has 30 heavy (non-hydrogen) atoms. The van der Waals surface area contributed by atoms with Gasteiger partial charge < -0.3 is 15.2 Å². The third-order valence-electron chi connectivity index (χ3n) is 5.06. The number of carbonyl (C=O) groups is 1. The molecule has 7 heteroatoms. The number of hydrogen-bond donors (Lipinski definition) is 1. The summed E-state index contributed by atoms with van der Waals surface area (Å²) in [6.07, 6.45) is 2.94. The van der Waals surface area contributed by atoms with E-state index in [1.165, 1.54) is 11.3 Å². The second-order valence-corrected chi connectivity index (χ2v) is 8.18. The summed E-state index contributed by atoms with van der Waals surface area (Å²) >= 11 is 1.47. The zero-order valence-corrected chi connectivity index (χ0v) is 18.9. The average Bonchev–Trinajstić information content (AvgIpc) is 3.20. The van der Waals surface area contributed by atoms with Gasteiger partial charge in [-0.1, -0.05) is 30.7 Å². The van der Waals surface area contributed by atoms with Gasteiger partial charge in [0.15, 0.2) is 5.01 Å². The molecule has 0 unspecified atom stereocenters. The van der Waals surface area contributed by atoms with Crippen LogP contribution < -0.4 is 15.2 Å². The molecule has 1 amide bonds. The van der Waals surface area contributed by atoms with Crippen LogP contribution >= 0.6 is 11.3 Å². The van der Waals surface area contributed by atoms with Gasteiger partial charge in [0.25, 0.3) is 5.91 Å². The van der Waals surface area contributed by atoms with Gasteiger partial charge in [-0.3, -0.25) is 4.79 Å². The molecule has 0 aliphatic rings. The van der Waals surface area contributed by atoms with Crippen molar-refractivity contribution in [3.63, 3.8) is 0 Å². The van der Waals surface area contributed by atoms with E-state index in [1.807, 2.05) is 32.0 Å². The Morgan fingerprint density at radius 1 is 1.03 bits per heavy atom. The topological polar surface area (TPSA) is 87.3 Å². The Morgan fingerprint density at radius 3 is 2.23 bits per heavy atom. The molecule has 0 bridgehead atoms. The van der Waals surface area contributed by atoms with Gasteiger partial charge >= 0.3 is 0 Å². The van der Waals surface area contributed by atoms with E-state index < -0.39 is 5.91 Å². The van der Waals surface area contributed by atoms with Gasteiger partial charge in [-0.05, 0) is 61.6 Å². The van der Waals surface area contributed by atoms with Crippen LogP contribution in [0.3, 0.4) is 0 Å². The van der Waals surface area contributed by atoms with E-state index in [0.29, 0.717) is 16.3 Å². The molecule has 1 aromatic heterocycles. The first-order valence-electron chi connectivity index (χ1n) is 9.90. The van der Waals surface area contributed by atoms with Crippen LogP contribution in [-0.4, -0.2) is 30.3 Å². The molecule has 2 aromatic carbocycles. The van der Waals surface area contributed by atoms with Gasteiger partial charge in [0.2, 0.25) is 0 Å². The van der Waals surface area contributed by atoms with Gasteiger partial charge in [-0.25, -0.2) is 0 Å². The first-order valence-corrected chi connectivity index (χ1v) is 10.7. The Morgan fingerprint density at radius 2 is 1.67 bits per heavy atom. The molecule has 0 aliphatic heterocycles. The van der Waals surface area contributed by atoms with Crippen molar-refractivity contribution < 1.29 is 14.3 Å². The zero-order chi connectivity index (χ0) is 21.8. The van der Waals surface area contributed by atoms with E-state index in [2.05, 4.69) is 17.1 Å². The molecule has 3 aromatic rings. The first kappa shape index (κ1) is 21.8. The highest BCUT2D eigenvalue weighted by Gasteiger charge is 2.22. The summed E-state index contributed by atoms with van der Waals surface area (Å²) in [4.78, 5) is 11.9. The Bertz CT molecular complexity index is 1050. The van der Waals surface area contributed by atoms with Crippen LogP contribution in [0.15, 0.2) is 24.3 Å².